The molecule has 128 valence electrons. The van der Waals surface area contributed by atoms with Crippen molar-refractivity contribution in [2.45, 2.75) is 13.5 Å². The summed E-state index contributed by atoms with van der Waals surface area (Å²) in [5.74, 6) is 1.24. The third kappa shape index (κ3) is 4.36. The van der Waals surface area contributed by atoms with Gasteiger partial charge in [-0.15, -0.1) is 0 Å². The van der Waals surface area contributed by atoms with Crippen LogP contribution in [0.5, 0.6) is 5.88 Å². The summed E-state index contributed by atoms with van der Waals surface area (Å²) >= 11 is 3.57. The van der Waals surface area contributed by atoms with Gasteiger partial charge in [0.2, 0.25) is 5.88 Å². The Morgan fingerprint density at radius 2 is 2.12 bits per heavy atom. The minimum atomic E-state index is 0.534. The molecule has 7 heteroatoms. The number of anilines is 2. The van der Waals surface area contributed by atoms with E-state index in [0.29, 0.717) is 24.8 Å². The van der Waals surface area contributed by atoms with Gasteiger partial charge in [-0.25, -0.2) is 0 Å². The van der Waals surface area contributed by atoms with Crippen molar-refractivity contribution < 1.29 is 9.47 Å². The van der Waals surface area contributed by atoms with Crippen LogP contribution in [0.25, 0.3) is 0 Å². The average molecular weight is 393 g/mol. The Morgan fingerprint density at radius 3 is 2.92 bits per heavy atom. The summed E-state index contributed by atoms with van der Waals surface area (Å²) in [6.07, 6.45) is 3.32. The van der Waals surface area contributed by atoms with Crippen molar-refractivity contribution in [2.75, 3.05) is 43.1 Å². The summed E-state index contributed by atoms with van der Waals surface area (Å²) in [5, 5.41) is 3.33. The number of hydrogen-bond donors (Lipinski definition) is 1. The summed E-state index contributed by atoms with van der Waals surface area (Å²) in [5.41, 5.74) is 2.43. The van der Waals surface area contributed by atoms with Crippen LogP contribution >= 0.6 is 15.9 Å². The molecule has 1 aromatic heterocycles. The zero-order valence-corrected chi connectivity index (χ0v) is 15.3. The molecule has 3 rings (SSSR count). The maximum atomic E-state index is 5.46. The van der Waals surface area contributed by atoms with E-state index in [4.69, 9.17) is 9.47 Å². The molecule has 0 saturated carbocycles. The highest BCUT2D eigenvalue weighted by Crippen LogP contribution is 2.27. The van der Waals surface area contributed by atoms with E-state index < -0.39 is 0 Å². The molecule has 1 aliphatic rings. The van der Waals surface area contributed by atoms with Gasteiger partial charge in [-0.1, -0.05) is 22.0 Å². The lowest BCUT2D eigenvalue weighted by atomic mass is 10.1. The second-order valence-electron chi connectivity index (χ2n) is 5.40. The van der Waals surface area contributed by atoms with Crippen LogP contribution in [0.4, 0.5) is 11.5 Å². The first-order valence-corrected chi connectivity index (χ1v) is 8.85. The molecule has 1 aromatic carbocycles. The molecule has 1 saturated heterocycles. The van der Waals surface area contributed by atoms with Crippen molar-refractivity contribution in [2.24, 2.45) is 0 Å². The molecule has 0 spiro atoms. The summed E-state index contributed by atoms with van der Waals surface area (Å²) in [4.78, 5) is 10.9. The van der Waals surface area contributed by atoms with Crippen LogP contribution in [0.1, 0.15) is 12.5 Å². The number of morpholine rings is 1. The van der Waals surface area contributed by atoms with Crippen LogP contribution in [-0.2, 0) is 11.3 Å². The van der Waals surface area contributed by atoms with Gasteiger partial charge < -0.3 is 19.7 Å². The van der Waals surface area contributed by atoms with Gasteiger partial charge in [0.15, 0.2) is 0 Å². The third-order valence-corrected chi connectivity index (χ3v) is 4.26. The second kappa shape index (κ2) is 8.30. The SMILES string of the molecule is CCOc1cncc(NCc2ccc(Br)cc2N2CCOCC2)n1. The lowest BCUT2D eigenvalue weighted by Gasteiger charge is -2.31. The van der Waals surface area contributed by atoms with Gasteiger partial charge in [-0.3, -0.25) is 4.98 Å². The Kier molecular flexibility index (Phi) is 5.87. The van der Waals surface area contributed by atoms with E-state index in [0.717, 1.165) is 30.8 Å². The molecule has 0 radical (unpaired) electrons. The number of nitrogens with one attached hydrogen (secondary N) is 1. The molecule has 2 aromatic rings. The number of nitrogens with zero attached hydrogens (tertiary/aromatic N) is 3. The maximum Gasteiger partial charge on any atom is 0.234 e. The van der Waals surface area contributed by atoms with Crippen molar-refractivity contribution in [3.05, 3.63) is 40.6 Å². The van der Waals surface area contributed by atoms with E-state index in [-0.39, 0.29) is 0 Å². The molecule has 6 nitrogen and oxygen atoms in total. The lowest BCUT2D eigenvalue weighted by molar-refractivity contribution is 0.122. The van der Waals surface area contributed by atoms with E-state index in [2.05, 4.69) is 54.3 Å². The number of aromatic nitrogens is 2. The number of halogens is 1. The number of hydrogen-bond acceptors (Lipinski definition) is 6. The highest BCUT2D eigenvalue weighted by atomic mass is 79.9. The largest absolute Gasteiger partial charge is 0.477 e. The first kappa shape index (κ1) is 17.0. The van der Waals surface area contributed by atoms with Gasteiger partial charge in [-0.05, 0) is 24.6 Å². The topological polar surface area (TPSA) is 59.5 Å². The lowest BCUT2D eigenvalue weighted by Crippen LogP contribution is -2.36. The number of rotatable bonds is 6. The molecule has 0 amide bonds. The van der Waals surface area contributed by atoms with Crippen LogP contribution in [0.2, 0.25) is 0 Å². The van der Waals surface area contributed by atoms with Gasteiger partial charge in [0.1, 0.15) is 5.82 Å². The molecule has 0 aliphatic carbocycles. The fourth-order valence-corrected chi connectivity index (χ4v) is 2.97. The summed E-state index contributed by atoms with van der Waals surface area (Å²) in [6, 6.07) is 6.34. The van der Waals surface area contributed by atoms with E-state index in [1.54, 1.807) is 12.4 Å². The first-order chi connectivity index (χ1) is 11.8. The summed E-state index contributed by atoms with van der Waals surface area (Å²) in [6.45, 7) is 6.52. The first-order valence-electron chi connectivity index (χ1n) is 8.06. The normalized spacial score (nSPS) is 14.5. The fraction of sp³-hybridized carbons (Fsp3) is 0.412. The van der Waals surface area contributed by atoms with Crippen LogP contribution in [-0.4, -0.2) is 42.9 Å². The molecule has 1 fully saturated rings. The standard InChI is InChI=1S/C17H21BrN4O2/c1-2-24-17-12-19-11-16(21-17)20-10-13-3-4-14(18)9-15(13)22-5-7-23-8-6-22/h3-4,9,11-12H,2,5-8,10H2,1H3,(H,20,21). The fourth-order valence-electron chi connectivity index (χ4n) is 2.62. The summed E-state index contributed by atoms with van der Waals surface area (Å²) < 4.78 is 11.9. The van der Waals surface area contributed by atoms with Gasteiger partial charge >= 0.3 is 0 Å². The van der Waals surface area contributed by atoms with Gasteiger partial charge in [0.25, 0.3) is 0 Å². The Balaban J connectivity index is 1.73. The minimum Gasteiger partial charge on any atom is -0.477 e. The van der Waals surface area contributed by atoms with Crippen molar-refractivity contribution in [3.8, 4) is 5.88 Å². The Hall–Kier alpha value is -1.86. The van der Waals surface area contributed by atoms with Crippen molar-refractivity contribution >= 4 is 27.4 Å². The monoisotopic (exact) mass is 392 g/mol. The molecule has 0 unspecified atom stereocenters. The smallest absolute Gasteiger partial charge is 0.234 e. The van der Waals surface area contributed by atoms with Crippen LogP contribution in [0.15, 0.2) is 35.1 Å². The van der Waals surface area contributed by atoms with Crippen molar-refractivity contribution in [1.82, 2.24) is 9.97 Å². The van der Waals surface area contributed by atoms with Crippen LogP contribution < -0.4 is 15.0 Å². The molecular formula is C17H21BrN4O2. The predicted octanol–water partition coefficient (Wildman–Crippen LogP) is 3.09. The van der Waals surface area contributed by atoms with Gasteiger partial charge in [0.05, 0.1) is 32.2 Å². The predicted molar refractivity (Wildman–Crippen MR) is 97.7 cm³/mol. The molecule has 0 bridgehead atoms. The van der Waals surface area contributed by atoms with Crippen molar-refractivity contribution in [1.29, 1.82) is 0 Å². The molecule has 0 atom stereocenters. The Bertz CT molecular complexity index is 677. The Labute approximate surface area is 150 Å². The summed E-state index contributed by atoms with van der Waals surface area (Å²) in [7, 11) is 0. The molecule has 2 heterocycles. The zero-order chi connectivity index (χ0) is 16.8. The van der Waals surface area contributed by atoms with E-state index in [1.807, 2.05) is 6.92 Å². The molecule has 1 aliphatic heterocycles. The maximum absolute atomic E-state index is 5.46. The highest BCUT2D eigenvalue weighted by Gasteiger charge is 2.15. The van der Waals surface area contributed by atoms with Gasteiger partial charge in [0, 0.05) is 29.8 Å². The van der Waals surface area contributed by atoms with E-state index in [9.17, 15) is 0 Å². The minimum absolute atomic E-state index is 0.534. The highest BCUT2D eigenvalue weighted by molar-refractivity contribution is 9.10. The van der Waals surface area contributed by atoms with Crippen molar-refractivity contribution in [3.63, 3.8) is 0 Å². The number of ether oxygens (including phenoxy) is 2. The van der Waals surface area contributed by atoms with Crippen LogP contribution in [0, 0.1) is 0 Å². The average Bonchev–Trinajstić information content (AvgIpc) is 2.62. The molecular weight excluding hydrogens is 372 g/mol. The third-order valence-electron chi connectivity index (χ3n) is 3.76. The second-order valence-corrected chi connectivity index (χ2v) is 6.32. The van der Waals surface area contributed by atoms with Gasteiger partial charge in [-0.2, -0.15) is 4.98 Å². The molecule has 1 N–H and O–H groups in total. The zero-order valence-electron chi connectivity index (χ0n) is 13.7. The molecule has 24 heavy (non-hydrogen) atoms. The quantitative estimate of drug-likeness (QED) is 0.814. The van der Waals surface area contributed by atoms with E-state index in [1.165, 1.54) is 11.3 Å². The number of benzene rings is 1. The van der Waals surface area contributed by atoms with E-state index >= 15 is 0 Å². The Morgan fingerprint density at radius 1 is 1.29 bits per heavy atom. The van der Waals surface area contributed by atoms with Crippen LogP contribution in [0.3, 0.4) is 0 Å².